The molecule has 0 saturated heterocycles. The molecular weight excluding hydrogens is 211 g/mol. The number of amides is 1. The highest BCUT2D eigenvalue weighted by Crippen LogP contribution is 2.16. The van der Waals surface area contributed by atoms with E-state index in [1.165, 1.54) is 12.1 Å². The zero-order valence-corrected chi connectivity index (χ0v) is 9.25. The summed E-state index contributed by atoms with van der Waals surface area (Å²) >= 11 is 0. The van der Waals surface area contributed by atoms with Crippen molar-refractivity contribution in [1.29, 1.82) is 0 Å². The van der Waals surface area contributed by atoms with Crippen LogP contribution in [0.2, 0.25) is 0 Å². The molecule has 0 radical (unpaired) electrons. The number of phenols is 1. The van der Waals surface area contributed by atoms with Crippen molar-refractivity contribution < 1.29 is 14.3 Å². The number of nitrogens with one attached hydrogen (secondary N) is 1. The summed E-state index contributed by atoms with van der Waals surface area (Å²) in [6, 6.07) is 4.05. The number of hydrogen-bond donors (Lipinski definition) is 3. The molecule has 4 N–H and O–H groups in total. The molecule has 16 heavy (non-hydrogen) atoms. The van der Waals surface area contributed by atoms with Crippen molar-refractivity contribution in [1.82, 2.24) is 5.32 Å². The van der Waals surface area contributed by atoms with E-state index < -0.39 is 23.0 Å². The topological polar surface area (TPSA) is 75.3 Å². The lowest BCUT2D eigenvalue weighted by atomic mass is 10.0. The number of primary amides is 1. The molecule has 88 valence electrons. The first-order valence-corrected chi connectivity index (χ1v) is 4.85. The summed E-state index contributed by atoms with van der Waals surface area (Å²) < 4.78 is 13.0. The van der Waals surface area contributed by atoms with Gasteiger partial charge in [-0.3, -0.25) is 10.1 Å². The third kappa shape index (κ3) is 2.93. The fourth-order valence-corrected chi connectivity index (χ4v) is 1.07. The Hall–Kier alpha value is -1.62. The molecule has 1 aromatic rings. The second-order valence-electron chi connectivity index (χ2n) is 4.13. The predicted molar refractivity (Wildman–Crippen MR) is 58.2 cm³/mol. The van der Waals surface area contributed by atoms with Crippen molar-refractivity contribution in [2.75, 3.05) is 0 Å². The van der Waals surface area contributed by atoms with Crippen LogP contribution in [-0.2, 0) is 11.3 Å². The van der Waals surface area contributed by atoms with E-state index in [0.717, 1.165) is 0 Å². The molecule has 0 bridgehead atoms. The van der Waals surface area contributed by atoms with Crippen molar-refractivity contribution in [2.24, 2.45) is 5.73 Å². The fraction of sp³-hybridized carbons (Fsp3) is 0.364. The maximum atomic E-state index is 13.0. The number of phenolic OH excluding ortho intramolecular Hbond substituents is 1. The molecule has 0 unspecified atom stereocenters. The van der Waals surface area contributed by atoms with E-state index in [1.807, 2.05) is 0 Å². The van der Waals surface area contributed by atoms with Gasteiger partial charge < -0.3 is 10.8 Å². The lowest BCUT2D eigenvalue weighted by molar-refractivity contribution is -0.123. The smallest absolute Gasteiger partial charge is 0.237 e. The molecule has 0 heterocycles. The number of aromatic hydroxyl groups is 1. The minimum atomic E-state index is -0.853. The number of hydrogen-bond acceptors (Lipinski definition) is 3. The van der Waals surface area contributed by atoms with Crippen molar-refractivity contribution >= 4 is 5.91 Å². The van der Waals surface area contributed by atoms with Crippen molar-refractivity contribution in [3.8, 4) is 5.75 Å². The van der Waals surface area contributed by atoms with Gasteiger partial charge in [0.2, 0.25) is 5.91 Å². The van der Waals surface area contributed by atoms with Gasteiger partial charge in [0.05, 0.1) is 5.54 Å². The van der Waals surface area contributed by atoms with Crippen LogP contribution in [0, 0.1) is 5.82 Å². The zero-order valence-electron chi connectivity index (χ0n) is 9.25. The van der Waals surface area contributed by atoms with Gasteiger partial charge in [0, 0.05) is 6.54 Å². The third-order valence-corrected chi connectivity index (χ3v) is 2.36. The van der Waals surface area contributed by atoms with Gasteiger partial charge in [-0.1, -0.05) is 6.07 Å². The van der Waals surface area contributed by atoms with E-state index in [1.54, 1.807) is 19.9 Å². The maximum absolute atomic E-state index is 13.0. The van der Waals surface area contributed by atoms with Crippen LogP contribution in [0.5, 0.6) is 5.75 Å². The SMILES string of the molecule is CC(C)(NCc1ccc(O)c(F)c1)C(N)=O. The Morgan fingerprint density at radius 2 is 2.19 bits per heavy atom. The molecule has 1 amide bonds. The normalized spacial score (nSPS) is 11.4. The van der Waals surface area contributed by atoms with Crippen LogP contribution in [0.1, 0.15) is 19.4 Å². The summed E-state index contributed by atoms with van der Waals surface area (Å²) in [7, 11) is 0. The fourth-order valence-electron chi connectivity index (χ4n) is 1.07. The standard InChI is InChI=1S/C11H15FN2O2/c1-11(2,10(13)16)14-6-7-3-4-9(15)8(12)5-7/h3-5,14-15H,6H2,1-2H3,(H2,13,16). The summed E-state index contributed by atoms with van der Waals surface area (Å²) in [6.07, 6.45) is 0. The van der Waals surface area contributed by atoms with E-state index in [9.17, 15) is 9.18 Å². The quantitative estimate of drug-likeness (QED) is 0.713. The highest BCUT2D eigenvalue weighted by molar-refractivity contribution is 5.83. The first kappa shape index (κ1) is 12.4. The van der Waals surface area contributed by atoms with Gasteiger partial charge in [-0.05, 0) is 31.5 Å². The lowest BCUT2D eigenvalue weighted by Crippen LogP contribution is -2.50. The van der Waals surface area contributed by atoms with Gasteiger partial charge in [-0.2, -0.15) is 0 Å². The van der Waals surface area contributed by atoms with E-state index in [0.29, 0.717) is 12.1 Å². The van der Waals surface area contributed by atoms with Gasteiger partial charge in [-0.15, -0.1) is 0 Å². The molecule has 0 aliphatic heterocycles. The molecule has 1 aromatic carbocycles. The molecule has 4 nitrogen and oxygen atoms in total. The Kier molecular flexibility index (Phi) is 3.49. The minimum absolute atomic E-state index is 0.299. The van der Waals surface area contributed by atoms with Crippen molar-refractivity contribution in [2.45, 2.75) is 25.9 Å². The molecule has 1 rings (SSSR count). The average Bonchev–Trinajstić information content (AvgIpc) is 2.20. The molecule has 0 aliphatic carbocycles. The second-order valence-corrected chi connectivity index (χ2v) is 4.13. The lowest BCUT2D eigenvalue weighted by Gasteiger charge is -2.22. The Bertz CT molecular complexity index is 405. The van der Waals surface area contributed by atoms with Crippen molar-refractivity contribution in [3.05, 3.63) is 29.6 Å². The van der Waals surface area contributed by atoms with Crippen LogP contribution in [-0.4, -0.2) is 16.6 Å². The van der Waals surface area contributed by atoms with Crippen molar-refractivity contribution in [3.63, 3.8) is 0 Å². The third-order valence-electron chi connectivity index (χ3n) is 2.36. The predicted octanol–water partition coefficient (Wildman–Crippen LogP) is 0.885. The highest BCUT2D eigenvalue weighted by Gasteiger charge is 2.23. The molecule has 0 aromatic heterocycles. The van der Waals surface area contributed by atoms with E-state index in [2.05, 4.69) is 5.32 Å². The Labute approximate surface area is 93.3 Å². The maximum Gasteiger partial charge on any atom is 0.237 e. The number of nitrogens with two attached hydrogens (primary N) is 1. The van der Waals surface area contributed by atoms with Gasteiger partial charge in [0.25, 0.3) is 0 Å². The number of benzene rings is 1. The number of carbonyl (C=O) groups excluding carboxylic acids is 1. The summed E-state index contributed by atoms with van der Waals surface area (Å²) in [5.41, 5.74) is 4.95. The Morgan fingerprint density at radius 1 is 1.56 bits per heavy atom. The largest absolute Gasteiger partial charge is 0.505 e. The second kappa shape index (κ2) is 4.49. The monoisotopic (exact) mass is 226 g/mol. The zero-order chi connectivity index (χ0) is 12.3. The van der Waals surface area contributed by atoms with Crippen LogP contribution in [0.25, 0.3) is 0 Å². The van der Waals surface area contributed by atoms with E-state index in [4.69, 9.17) is 10.8 Å². The van der Waals surface area contributed by atoms with Crippen LogP contribution >= 0.6 is 0 Å². The molecule has 0 spiro atoms. The molecule has 0 aliphatic rings. The van der Waals surface area contributed by atoms with Gasteiger partial charge in [-0.25, -0.2) is 4.39 Å². The average molecular weight is 226 g/mol. The van der Waals surface area contributed by atoms with Crippen LogP contribution in [0.15, 0.2) is 18.2 Å². The first-order chi connectivity index (χ1) is 7.33. The van der Waals surface area contributed by atoms with Gasteiger partial charge in [0.1, 0.15) is 0 Å². The number of carbonyl (C=O) groups is 1. The Balaban J connectivity index is 2.68. The minimum Gasteiger partial charge on any atom is -0.505 e. The van der Waals surface area contributed by atoms with Crippen LogP contribution in [0.3, 0.4) is 0 Å². The first-order valence-electron chi connectivity index (χ1n) is 4.85. The van der Waals surface area contributed by atoms with Gasteiger partial charge >= 0.3 is 0 Å². The Morgan fingerprint density at radius 3 is 2.69 bits per heavy atom. The van der Waals surface area contributed by atoms with Crippen LogP contribution in [0.4, 0.5) is 4.39 Å². The number of halogens is 1. The highest BCUT2D eigenvalue weighted by atomic mass is 19.1. The molecule has 0 fully saturated rings. The summed E-state index contributed by atoms with van der Waals surface area (Å²) in [6.45, 7) is 3.59. The van der Waals surface area contributed by atoms with E-state index in [-0.39, 0.29) is 0 Å². The summed E-state index contributed by atoms with van der Waals surface area (Å²) in [5.74, 6) is -1.55. The molecular formula is C11H15FN2O2. The van der Waals surface area contributed by atoms with E-state index >= 15 is 0 Å². The summed E-state index contributed by atoms with van der Waals surface area (Å²) in [5, 5.41) is 11.9. The van der Waals surface area contributed by atoms with Crippen LogP contribution < -0.4 is 11.1 Å². The summed E-state index contributed by atoms with van der Waals surface area (Å²) in [4.78, 5) is 11.0. The molecule has 0 atom stereocenters. The molecule has 0 saturated carbocycles. The van der Waals surface area contributed by atoms with Gasteiger partial charge in [0.15, 0.2) is 11.6 Å². The molecule has 5 heteroatoms. The number of rotatable bonds is 4.